The van der Waals surface area contributed by atoms with Crippen LogP contribution in [0.15, 0.2) is 18.0 Å². The lowest BCUT2D eigenvalue weighted by Gasteiger charge is -2.71. The molecule has 1 unspecified atom stereocenters. The van der Waals surface area contributed by atoms with E-state index in [1.165, 1.54) is 5.57 Å². The molecule has 0 radical (unpaired) electrons. The van der Waals surface area contributed by atoms with Crippen LogP contribution in [0.5, 0.6) is 0 Å². The van der Waals surface area contributed by atoms with Gasteiger partial charge < -0.3 is 19.5 Å². The maximum atomic E-state index is 13.4. The van der Waals surface area contributed by atoms with Crippen LogP contribution in [0.4, 0.5) is 0 Å². The van der Waals surface area contributed by atoms with Crippen molar-refractivity contribution < 1.29 is 19.4 Å². The highest BCUT2D eigenvalue weighted by Crippen LogP contribution is 2.75. The Bertz CT molecular complexity index is 1390. The number of aliphatic carboxylic acids is 1. The van der Waals surface area contributed by atoms with Gasteiger partial charge in [-0.05, 0) is 111 Å². The summed E-state index contributed by atoms with van der Waals surface area (Å²) in [4.78, 5) is 17.6. The molecule has 9 nitrogen and oxygen atoms in total. The van der Waals surface area contributed by atoms with Crippen molar-refractivity contribution in [2.24, 2.45) is 62.6 Å². The van der Waals surface area contributed by atoms with Crippen molar-refractivity contribution >= 4 is 5.97 Å². The van der Waals surface area contributed by atoms with Crippen LogP contribution in [0, 0.1) is 62.6 Å². The van der Waals surface area contributed by atoms with Gasteiger partial charge in [-0.2, -0.15) is 4.80 Å². The highest BCUT2D eigenvalue weighted by molar-refractivity contribution is 5.73. The predicted octanol–water partition coefficient (Wildman–Crippen LogP) is 7.16. The Balaban J connectivity index is 1.43. The van der Waals surface area contributed by atoms with Crippen molar-refractivity contribution in [1.29, 1.82) is 0 Å². The van der Waals surface area contributed by atoms with Gasteiger partial charge in [-0.15, -0.1) is 10.2 Å². The van der Waals surface area contributed by atoms with Crippen LogP contribution in [-0.4, -0.2) is 81.7 Å². The van der Waals surface area contributed by atoms with Crippen molar-refractivity contribution in [3.05, 3.63) is 18.0 Å². The number of fused-ring (bicyclic) bond motifs is 3. The molecule has 6 rings (SSSR count). The lowest BCUT2D eigenvalue weighted by atomic mass is 9.34. The average Bonchev–Trinajstić information content (AvgIpc) is 3.55. The molecule has 12 atom stereocenters. The molecule has 2 heterocycles. The topological polar surface area (TPSA) is 103 Å². The minimum Gasteiger partial charge on any atom is -0.481 e. The van der Waals surface area contributed by atoms with Gasteiger partial charge in [-0.3, -0.25) is 4.79 Å². The maximum Gasteiger partial charge on any atom is 0.307 e. The van der Waals surface area contributed by atoms with Crippen LogP contribution >= 0.6 is 0 Å². The molecule has 3 saturated carbocycles. The van der Waals surface area contributed by atoms with Gasteiger partial charge in [0.2, 0.25) is 0 Å². The first-order valence-electron chi connectivity index (χ1n) is 18.9. The van der Waals surface area contributed by atoms with Gasteiger partial charge in [-0.25, -0.2) is 0 Å². The number of rotatable bonds is 9. The molecule has 0 aromatic carbocycles. The van der Waals surface area contributed by atoms with Gasteiger partial charge in [-0.1, -0.05) is 74.0 Å². The zero-order valence-corrected chi connectivity index (χ0v) is 32.0. The van der Waals surface area contributed by atoms with E-state index >= 15 is 0 Å². The van der Waals surface area contributed by atoms with Gasteiger partial charge in [0.05, 0.1) is 31.8 Å². The molecule has 0 amide bonds. The van der Waals surface area contributed by atoms with Crippen molar-refractivity contribution in [2.45, 2.75) is 125 Å². The van der Waals surface area contributed by atoms with E-state index < -0.39 is 11.9 Å². The summed E-state index contributed by atoms with van der Waals surface area (Å²) >= 11 is 0. The number of carboxylic acid groups (broad SMARTS) is 1. The first-order chi connectivity index (χ1) is 22.3. The van der Waals surface area contributed by atoms with Crippen molar-refractivity contribution in [3.8, 4) is 0 Å². The second-order valence-corrected chi connectivity index (χ2v) is 19.0. The molecule has 2 bridgehead atoms. The second kappa shape index (κ2) is 11.9. The van der Waals surface area contributed by atoms with E-state index in [1.807, 2.05) is 4.80 Å². The van der Waals surface area contributed by atoms with Crippen LogP contribution in [0.25, 0.3) is 0 Å². The predicted molar refractivity (Wildman–Crippen MR) is 187 cm³/mol. The summed E-state index contributed by atoms with van der Waals surface area (Å²) < 4.78 is 13.9. The lowest BCUT2D eigenvalue weighted by molar-refractivity contribution is -0.256. The number of hydrogen-bond donors (Lipinski definition) is 1. The lowest BCUT2D eigenvalue weighted by Crippen LogP contribution is -2.69. The largest absolute Gasteiger partial charge is 0.481 e. The zero-order valence-electron chi connectivity index (χ0n) is 32.0. The molecule has 1 N–H and O–H groups in total. The molecule has 1 aliphatic heterocycles. The minimum atomic E-state index is -0.614. The highest BCUT2D eigenvalue weighted by atomic mass is 16.5. The summed E-state index contributed by atoms with van der Waals surface area (Å²) in [5.41, 5.74) is 0.262. The minimum absolute atomic E-state index is 0.0784. The average molecular weight is 668 g/mol. The highest BCUT2D eigenvalue weighted by Gasteiger charge is 2.72. The fourth-order valence-electron chi connectivity index (χ4n) is 12.5. The summed E-state index contributed by atoms with van der Waals surface area (Å²) in [6, 6.07) is -0.0784. The number of nitrogens with zero attached hydrogens (tertiary/aromatic N) is 5. The van der Waals surface area contributed by atoms with Gasteiger partial charge in [0.15, 0.2) is 6.33 Å². The monoisotopic (exact) mass is 668 g/mol. The first kappa shape index (κ1) is 36.0. The Morgan fingerprint density at radius 2 is 1.81 bits per heavy atom. The number of likely N-dealkylation sites (N-methyl/N-ethyl adjacent to an activating group) is 1. The Labute approximate surface area is 290 Å². The van der Waals surface area contributed by atoms with E-state index in [9.17, 15) is 9.90 Å². The molecular formula is C39H65N5O4. The fraction of sp³-hybridized carbons (Fsp3) is 0.897. The Hall–Kier alpha value is -1.84. The normalized spacial score (nSPS) is 44.4. The molecule has 270 valence electrons. The molecule has 4 fully saturated rings. The number of hydrogen-bond acceptors (Lipinski definition) is 7. The first-order valence-corrected chi connectivity index (χ1v) is 18.9. The quantitative estimate of drug-likeness (QED) is 0.277. The SMILES string of the molecule is CC(C)[C@@H](C)[C@@]1(C)CC[C@]2(C)[C@H]3CC[C@H]4C5(C)COC[C@@]4(C[C@@H](n4ncnn4)[C@@H]5OC[C@@](C)(C(C)C)N(C)C)C3=CC[C@@]2(C)[C@@H]1C(=O)O. The van der Waals surface area contributed by atoms with Gasteiger partial charge in [0, 0.05) is 16.4 Å². The van der Waals surface area contributed by atoms with Crippen molar-refractivity contribution in [1.82, 2.24) is 25.1 Å². The fourth-order valence-corrected chi connectivity index (χ4v) is 12.5. The third-order valence-corrected chi connectivity index (χ3v) is 16.6. The summed E-state index contributed by atoms with van der Waals surface area (Å²) in [6.45, 7) is 25.1. The van der Waals surface area contributed by atoms with E-state index in [0.29, 0.717) is 49.4 Å². The van der Waals surface area contributed by atoms with E-state index in [-0.39, 0.29) is 44.8 Å². The van der Waals surface area contributed by atoms with E-state index in [2.05, 4.69) is 110 Å². The van der Waals surface area contributed by atoms with Crippen LogP contribution in [0.2, 0.25) is 0 Å². The number of aromatic nitrogens is 4. The Kier molecular flexibility index (Phi) is 8.89. The third kappa shape index (κ3) is 4.78. The number of tetrazole rings is 1. The van der Waals surface area contributed by atoms with E-state index in [4.69, 9.17) is 9.47 Å². The molecule has 48 heavy (non-hydrogen) atoms. The molecule has 1 aromatic rings. The van der Waals surface area contributed by atoms with Gasteiger partial charge in [0.25, 0.3) is 0 Å². The van der Waals surface area contributed by atoms with Crippen molar-refractivity contribution in [2.75, 3.05) is 33.9 Å². The molecule has 0 spiro atoms. The van der Waals surface area contributed by atoms with E-state index in [0.717, 1.165) is 38.5 Å². The second-order valence-electron chi connectivity index (χ2n) is 19.0. The zero-order chi connectivity index (χ0) is 35.2. The Morgan fingerprint density at radius 1 is 1.10 bits per heavy atom. The van der Waals surface area contributed by atoms with Crippen LogP contribution in [-0.2, 0) is 14.3 Å². The Morgan fingerprint density at radius 3 is 2.40 bits per heavy atom. The molecule has 1 saturated heterocycles. The molecule has 9 heteroatoms. The number of carbonyl (C=O) groups is 1. The summed E-state index contributed by atoms with van der Waals surface area (Å²) in [6.07, 6.45) is 9.76. The summed E-state index contributed by atoms with van der Waals surface area (Å²) in [5.74, 6) is 0.863. The standard InChI is InChI=1S/C39H65N5O4/c1-24(2)26(5)34(6)17-18-36(8)27-13-14-30-35(7)20-47-22-39(30,28(27)15-16-37(36,9)31(34)33(45)46)19-29(44-41-23-40-42-44)32(35)48-21-38(10,25(3)4)43(11)12/h15,23-27,29-32H,13-14,16-22H2,1-12H3,(H,45,46)/t26-,27+,29-,30+,31-,32+,34-,35?,36-,37+,38+,39+/m1/s1. The summed E-state index contributed by atoms with van der Waals surface area (Å²) in [7, 11) is 4.29. The van der Waals surface area contributed by atoms with Gasteiger partial charge in [0.1, 0.15) is 6.04 Å². The van der Waals surface area contributed by atoms with Crippen molar-refractivity contribution in [3.63, 3.8) is 0 Å². The number of carboxylic acids is 1. The van der Waals surface area contributed by atoms with Gasteiger partial charge >= 0.3 is 5.97 Å². The third-order valence-electron chi connectivity index (χ3n) is 16.6. The molecule has 1 aromatic heterocycles. The van der Waals surface area contributed by atoms with E-state index in [1.54, 1.807) is 6.33 Å². The maximum absolute atomic E-state index is 13.4. The smallest absolute Gasteiger partial charge is 0.307 e. The molecule has 4 aliphatic carbocycles. The summed E-state index contributed by atoms with van der Waals surface area (Å²) in [5, 5.41) is 24.4. The number of allylic oxidation sites excluding steroid dienone is 1. The molecule has 5 aliphatic rings. The van der Waals surface area contributed by atoms with Crippen LogP contribution < -0.4 is 0 Å². The molecular weight excluding hydrogens is 602 g/mol. The van der Waals surface area contributed by atoms with Crippen LogP contribution in [0.3, 0.4) is 0 Å². The number of ether oxygens (including phenoxy) is 2. The van der Waals surface area contributed by atoms with Crippen LogP contribution in [0.1, 0.15) is 114 Å².